The van der Waals surface area contributed by atoms with Crippen LogP contribution in [0, 0.1) is 5.82 Å². The molecule has 3 rings (SSSR count). The first kappa shape index (κ1) is 22.1. The lowest BCUT2D eigenvalue weighted by Gasteiger charge is -2.35. The van der Waals surface area contributed by atoms with Gasteiger partial charge < -0.3 is 10.6 Å². The topological polar surface area (TPSA) is 62.2 Å². The van der Waals surface area contributed by atoms with Gasteiger partial charge in [-0.3, -0.25) is 9.69 Å². The molecule has 2 aromatic rings. The Balaban J connectivity index is 0.00000280. The van der Waals surface area contributed by atoms with Gasteiger partial charge in [0.25, 0.3) is 5.91 Å². The number of rotatable bonds is 5. The fourth-order valence-corrected chi connectivity index (χ4v) is 2.94. The average molecular weight is 422 g/mol. The lowest BCUT2D eigenvalue weighted by molar-refractivity contribution is -0.183. The zero-order chi connectivity index (χ0) is 19.4. The molecule has 1 amide bonds. The lowest BCUT2D eigenvalue weighted by atomic mass is 10.2. The largest absolute Gasteiger partial charge is 0.405 e. The van der Waals surface area contributed by atoms with E-state index in [1.54, 1.807) is 6.07 Å². The Labute approximate surface area is 165 Å². The Morgan fingerprint density at radius 2 is 1.89 bits per heavy atom. The van der Waals surface area contributed by atoms with Crippen LogP contribution in [-0.2, 0) is 0 Å². The van der Waals surface area contributed by atoms with E-state index in [9.17, 15) is 22.4 Å². The van der Waals surface area contributed by atoms with Crippen molar-refractivity contribution < 1.29 is 22.4 Å². The second-order valence-electron chi connectivity index (χ2n) is 6.15. The molecule has 1 unspecified atom stereocenters. The number of benzene rings is 1. The Kier molecular flexibility index (Phi) is 7.39. The van der Waals surface area contributed by atoms with Crippen LogP contribution in [0.3, 0.4) is 0 Å². The first-order valence-corrected chi connectivity index (χ1v) is 8.46. The van der Waals surface area contributed by atoms with Crippen LogP contribution in [0.5, 0.6) is 0 Å². The second-order valence-corrected chi connectivity index (χ2v) is 6.15. The first-order chi connectivity index (χ1) is 12.9. The number of nitrogens with zero attached hydrogens (tertiary/aromatic N) is 3. The van der Waals surface area contributed by atoms with Gasteiger partial charge in [-0.15, -0.1) is 12.4 Å². The number of para-hydroxylation sites is 1. The molecule has 28 heavy (non-hydrogen) atoms. The number of nitrogens with one attached hydrogen (secondary N) is 2. The van der Waals surface area contributed by atoms with Crippen LogP contribution in [0.25, 0.3) is 5.69 Å². The van der Waals surface area contributed by atoms with Crippen LogP contribution in [0.2, 0.25) is 0 Å². The van der Waals surface area contributed by atoms with Gasteiger partial charge >= 0.3 is 6.18 Å². The van der Waals surface area contributed by atoms with Crippen molar-refractivity contribution in [1.82, 2.24) is 25.3 Å². The summed E-state index contributed by atoms with van der Waals surface area (Å²) in [5.74, 6) is -1.27. The zero-order valence-corrected chi connectivity index (χ0v) is 15.6. The van der Waals surface area contributed by atoms with E-state index in [0.29, 0.717) is 13.1 Å². The summed E-state index contributed by atoms with van der Waals surface area (Å²) in [5, 5.41) is 9.24. The van der Waals surface area contributed by atoms with Gasteiger partial charge in [0.05, 0.1) is 0 Å². The van der Waals surface area contributed by atoms with Gasteiger partial charge in [-0.25, -0.2) is 9.07 Å². The molecule has 0 radical (unpaired) electrons. The molecule has 1 fully saturated rings. The van der Waals surface area contributed by atoms with E-state index in [-0.39, 0.29) is 36.9 Å². The van der Waals surface area contributed by atoms with Gasteiger partial charge in [-0.2, -0.15) is 18.3 Å². The Morgan fingerprint density at radius 1 is 1.21 bits per heavy atom. The molecular weight excluding hydrogens is 402 g/mol. The third kappa shape index (κ3) is 5.21. The van der Waals surface area contributed by atoms with Crippen molar-refractivity contribution in [3.8, 4) is 5.69 Å². The summed E-state index contributed by atoms with van der Waals surface area (Å²) < 4.78 is 55.0. The monoisotopic (exact) mass is 421 g/mol. The van der Waals surface area contributed by atoms with Gasteiger partial charge in [0, 0.05) is 38.9 Å². The molecule has 1 aromatic carbocycles. The maximum absolute atomic E-state index is 13.8. The van der Waals surface area contributed by atoms with Crippen LogP contribution in [-0.4, -0.2) is 65.5 Å². The Morgan fingerprint density at radius 3 is 2.54 bits per heavy atom. The third-order valence-electron chi connectivity index (χ3n) is 4.35. The lowest BCUT2D eigenvalue weighted by Crippen LogP contribution is -2.57. The quantitative estimate of drug-likeness (QED) is 0.725. The summed E-state index contributed by atoms with van der Waals surface area (Å²) in [7, 11) is 0. The molecule has 1 saturated heterocycles. The van der Waals surface area contributed by atoms with Crippen LogP contribution in [0.15, 0.2) is 36.5 Å². The van der Waals surface area contributed by atoms with Crippen LogP contribution in [0.4, 0.5) is 17.6 Å². The van der Waals surface area contributed by atoms with Crippen LogP contribution in [0.1, 0.15) is 10.5 Å². The number of hydrogen-bond acceptors (Lipinski definition) is 4. The van der Waals surface area contributed by atoms with Crippen molar-refractivity contribution in [1.29, 1.82) is 0 Å². The second kappa shape index (κ2) is 9.35. The molecule has 1 aromatic heterocycles. The van der Waals surface area contributed by atoms with E-state index >= 15 is 0 Å². The molecule has 0 saturated carbocycles. The molecule has 1 aliphatic heterocycles. The molecule has 0 aliphatic carbocycles. The van der Waals surface area contributed by atoms with Crippen LogP contribution < -0.4 is 10.6 Å². The summed E-state index contributed by atoms with van der Waals surface area (Å²) in [6, 6.07) is 5.42. The summed E-state index contributed by atoms with van der Waals surface area (Å²) >= 11 is 0. The highest BCUT2D eigenvalue weighted by Crippen LogP contribution is 2.24. The van der Waals surface area contributed by atoms with Gasteiger partial charge in [-0.1, -0.05) is 12.1 Å². The molecule has 1 atom stereocenters. The van der Waals surface area contributed by atoms with Gasteiger partial charge in [0.15, 0.2) is 5.69 Å². The normalized spacial score (nSPS) is 16.3. The van der Waals surface area contributed by atoms with Crippen molar-refractivity contribution in [3.05, 3.63) is 48.0 Å². The smallest absolute Gasteiger partial charge is 0.349 e. The van der Waals surface area contributed by atoms with Crippen LogP contribution >= 0.6 is 12.4 Å². The minimum atomic E-state index is -4.46. The molecular formula is C17H20ClF4N5O. The third-order valence-corrected chi connectivity index (χ3v) is 4.35. The molecule has 11 heteroatoms. The van der Waals surface area contributed by atoms with E-state index in [1.807, 2.05) is 0 Å². The van der Waals surface area contributed by atoms with Gasteiger partial charge in [0.1, 0.15) is 17.5 Å². The number of aromatic nitrogens is 2. The number of halogens is 5. The summed E-state index contributed by atoms with van der Waals surface area (Å²) in [6.45, 7) is 0.861. The summed E-state index contributed by atoms with van der Waals surface area (Å²) in [4.78, 5) is 13.5. The SMILES string of the molecule is Cl.O=C(NCC(N1CCNCC1)C(F)(F)F)c1ccn(-c2ccccc2F)n1. The average Bonchev–Trinajstić information content (AvgIpc) is 3.12. The predicted octanol–water partition coefficient (Wildman–Crippen LogP) is 2.00. The van der Waals surface area contributed by atoms with E-state index < -0.39 is 30.5 Å². The highest BCUT2D eigenvalue weighted by molar-refractivity contribution is 5.92. The van der Waals surface area contributed by atoms with E-state index in [1.165, 1.54) is 40.0 Å². The molecule has 2 heterocycles. The standard InChI is InChI=1S/C17H19F4N5O.ClH/c18-12-3-1-2-4-14(12)26-8-5-13(24-26)16(27)23-11-15(17(19,20)21)25-9-6-22-7-10-25;/h1-5,8,15,22H,6-7,9-11H2,(H,23,27);1H. The number of carbonyl (C=O) groups excluding carboxylic acids is 1. The van der Waals surface area contributed by atoms with Crippen molar-refractivity contribution >= 4 is 18.3 Å². The molecule has 154 valence electrons. The molecule has 0 bridgehead atoms. The maximum Gasteiger partial charge on any atom is 0.405 e. The summed E-state index contributed by atoms with van der Waals surface area (Å²) in [6.07, 6.45) is -3.08. The maximum atomic E-state index is 13.8. The molecule has 2 N–H and O–H groups in total. The zero-order valence-electron chi connectivity index (χ0n) is 14.7. The minimum Gasteiger partial charge on any atom is -0.349 e. The van der Waals surface area contributed by atoms with Crippen molar-refractivity contribution in [3.63, 3.8) is 0 Å². The first-order valence-electron chi connectivity index (χ1n) is 8.46. The minimum absolute atomic E-state index is 0. The number of hydrogen-bond donors (Lipinski definition) is 2. The summed E-state index contributed by atoms with van der Waals surface area (Å²) in [5.41, 5.74) is 0.0602. The van der Waals surface area contributed by atoms with E-state index in [2.05, 4.69) is 15.7 Å². The highest BCUT2D eigenvalue weighted by atomic mass is 35.5. The van der Waals surface area contributed by atoms with Crippen molar-refractivity contribution in [2.24, 2.45) is 0 Å². The number of piperazine rings is 1. The van der Waals surface area contributed by atoms with Crippen molar-refractivity contribution in [2.45, 2.75) is 12.2 Å². The Hall–Kier alpha value is -2.17. The number of carbonyl (C=O) groups is 1. The molecule has 0 spiro atoms. The molecule has 6 nitrogen and oxygen atoms in total. The van der Waals surface area contributed by atoms with E-state index in [0.717, 1.165) is 0 Å². The number of alkyl halides is 3. The Bertz CT molecular complexity index is 792. The fraction of sp³-hybridized carbons (Fsp3) is 0.412. The number of amides is 1. The predicted molar refractivity (Wildman–Crippen MR) is 97.4 cm³/mol. The van der Waals surface area contributed by atoms with E-state index in [4.69, 9.17) is 0 Å². The van der Waals surface area contributed by atoms with Gasteiger partial charge in [0.2, 0.25) is 0 Å². The molecule has 1 aliphatic rings. The highest BCUT2D eigenvalue weighted by Gasteiger charge is 2.43. The van der Waals surface area contributed by atoms with Crippen molar-refractivity contribution in [2.75, 3.05) is 32.7 Å². The fourth-order valence-electron chi connectivity index (χ4n) is 2.94. The van der Waals surface area contributed by atoms with Gasteiger partial charge in [-0.05, 0) is 18.2 Å².